The zero-order chi connectivity index (χ0) is 18.8. The van der Waals surface area contributed by atoms with Crippen molar-refractivity contribution in [3.05, 3.63) is 70.2 Å². The summed E-state index contributed by atoms with van der Waals surface area (Å²) < 4.78 is 38.8. The fraction of sp³-hybridized carbons (Fsp3) is 0.250. The maximum Gasteiger partial charge on any atom is 0.737 e. The second kappa shape index (κ2) is 5.43. The van der Waals surface area contributed by atoms with Crippen LogP contribution in [0.3, 0.4) is 0 Å². The van der Waals surface area contributed by atoms with Crippen molar-refractivity contribution < 1.29 is 17.9 Å². The van der Waals surface area contributed by atoms with Crippen LogP contribution in [0.4, 0.5) is 8.63 Å². The molecule has 2 aliphatic rings. The molecule has 0 radical (unpaired) electrons. The van der Waals surface area contributed by atoms with E-state index < -0.39 is 6.97 Å². The number of nitrogens with zero attached hydrogens (tertiary/aromatic N) is 2. The van der Waals surface area contributed by atoms with Gasteiger partial charge in [-0.05, 0) is 55.8 Å². The van der Waals surface area contributed by atoms with Gasteiger partial charge in [-0.3, -0.25) is 0 Å². The van der Waals surface area contributed by atoms with Gasteiger partial charge in [0.1, 0.15) is 11.5 Å². The SMILES string of the molecule is COc1cccc(C2=C3C(C)=CC(C)=[N+]3[B-](F)(F)n3c(C)cc(C)c32)c1. The van der Waals surface area contributed by atoms with Crippen LogP contribution >= 0.6 is 0 Å². The van der Waals surface area contributed by atoms with Gasteiger partial charge < -0.3 is 22.3 Å². The minimum Gasteiger partial charge on any atom is -0.497 e. The minimum atomic E-state index is -3.93. The molecule has 0 spiro atoms. The van der Waals surface area contributed by atoms with Crippen LogP contribution in [0.2, 0.25) is 0 Å². The van der Waals surface area contributed by atoms with Crippen molar-refractivity contribution in [2.75, 3.05) is 7.11 Å². The van der Waals surface area contributed by atoms with Crippen LogP contribution in [0.25, 0.3) is 5.57 Å². The van der Waals surface area contributed by atoms with Crippen LogP contribution in [0.15, 0.2) is 47.7 Å². The van der Waals surface area contributed by atoms with E-state index in [0.717, 1.165) is 22.3 Å². The van der Waals surface area contributed by atoms with Crippen molar-refractivity contribution >= 4 is 18.3 Å². The Morgan fingerprint density at radius 2 is 1.81 bits per heavy atom. The average Bonchev–Trinajstić information content (AvgIpc) is 3.05. The summed E-state index contributed by atoms with van der Waals surface area (Å²) in [4.78, 5) is 0. The summed E-state index contributed by atoms with van der Waals surface area (Å²) >= 11 is 0. The Bertz CT molecular complexity index is 1040. The van der Waals surface area contributed by atoms with Crippen molar-refractivity contribution in [2.45, 2.75) is 27.7 Å². The lowest BCUT2D eigenvalue weighted by atomic mass is 9.84. The van der Waals surface area contributed by atoms with Gasteiger partial charge in [0.2, 0.25) is 0 Å². The zero-order valence-electron chi connectivity index (χ0n) is 15.6. The van der Waals surface area contributed by atoms with Gasteiger partial charge in [-0.1, -0.05) is 12.1 Å². The van der Waals surface area contributed by atoms with Gasteiger partial charge in [0.05, 0.1) is 12.7 Å². The first-order valence-electron chi connectivity index (χ1n) is 8.69. The number of halogens is 2. The van der Waals surface area contributed by atoms with E-state index in [1.54, 1.807) is 21.0 Å². The molecular formula is C20H21BF2N2O. The third kappa shape index (κ3) is 2.08. The molecule has 3 nitrogen and oxygen atoms in total. The smallest absolute Gasteiger partial charge is 0.497 e. The van der Waals surface area contributed by atoms with Gasteiger partial charge in [0.15, 0.2) is 5.70 Å². The monoisotopic (exact) mass is 354 g/mol. The Hall–Kier alpha value is -2.63. The number of ether oxygens (including phenoxy) is 1. The van der Waals surface area contributed by atoms with E-state index in [4.69, 9.17) is 4.74 Å². The molecule has 6 heteroatoms. The van der Waals surface area contributed by atoms with E-state index in [9.17, 15) is 0 Å². The van der Waals surface area contributed by atoms with E-state index in [1.807, 2.05) is 50.3 Å². The molecule has 0 saturated carbocycles. The maximum atomic E-state index is 15.5. The summed E-state index contributed by atoms with van der Waals surface area (Å²) in [5.74, 6) is 0.706. The maximum absolute atomic E-state index is 15.5. The molecule has 134 valence electrons. The third-order valence-electron chi connectivity index (χ3n) is 5.29. The van der Waals surface area contributed by atoms with Crippen LogP contribution in [0, 0.1) is 13.8 Å². The van der Waals surface area contributed by atoms with Crippen molar-refractivity contribution in [1.29, 1.82) is 0 Å². The third-order valence-corrected chi connectivity index (χ3v) is 5.29. The van der Waals surface area contributed by atoms with E-state index in [-0.39, 0.29) is 0 Å². The topological polar surface area (TPSA) is 17.2 Å². The Morgan fingerprint density at radius 3 is 2.50 bits per heavy atom. The van der Waals surface area contributed by atoms with Crippen molar-refractivity contribution in [3.63, 3.8) is 0 Å². The molecule has 2 aliphatic heterocycles. The number of aromatic nitrogens is 1. The largest absolute Gasteiger partial charge is 0.737 e. The summed E-state index contributed by atoms with van der Waals surface area (Å²) in [5.41, 5.74) is 5.73. The molecule has 1 aromatic carbocycles. The fourth-order valence-electron chi connectivity index (χ4n) is 4.35. The Balaban J connectivity index is 2.16. The number of benzene rings is 1. The molecule has 0 N–H and O–H groups in total. The second-order valence-electron chi connectivity index (χ2n) is 7.07. The number of rotatable bonds is 2. The highest BCUT2D eigenvalue weighted by atomic mass is 19.2. The Kier molecular flexibility index (Phi) is 3.52. The van der Waals surface area contributed by atoms with Crippen molar-refractivity contribution in [3.8, 4) is 5.75 Å². The molecule has 26 heavy (non-hydrogen) atoms. The molecule has 3 heterocycles. The van der Waals surface area contributed by atoms with Crippen molar-refractivity contribution in [2.24, 2.45) is 0 Å². The first kappa shape index (κ1) is 16.8. The van der Waals surface area contributed by atoms with Gasteiger partial charge in [-0.15, -0.1) is 0 Å². The summed E-state index contributed by atoms with van der Waals surface area (Å²) in [5, 5.41) is 0. The Morgan fingerprint density at radius 1 is 1.08 bits per heavy atom. The highest BCUT2D eigenvalue weighted by molar-refractivity contribution is 6.58. The fourth-order valence-corrected chi connectivity index (χ4v) is 4.35. The number of hydrogen-bond donors (Lipinski definition) is 0. The summed E-state index contributed by atoms with van der Waals surface area (Å²) in [7, 11) is 1.61. The summed E-state index contributed by atoms with van der Waals surface area (Å²) in [6.07, 6.45) is 1.84. The highest BCUT2D eigenvalue weighted by Gasteiger charge is 2.55. The van der Waals surface area contributed by atoms with Crippen LogP contribution < -0.4 is 4.74 Å². The van der Waals surface area contributed by atoms with Crippen molar-refractivity contribution in [1.82, 2.24) is 4.48 Å². The quantitative estimate of drug-likeness (QED) is 0.724. The van der Waals surface area contributed by atoms with Crippen LogP contribution in [-0.4, -0.2) is 28.8 Å². The first-order valence-corrected chi connectivity index (χ1v) is 8.69. The van der Waals surface area contributed by atoms with E-state index >= 15 is 8.63 Å². The average molecular weight is 354 g/mol. The minimum absolute atomic E-state index is 0.569. The zero-order valence-corrected chi connectivity index (χ0v) is 15.6. The molecular weight excluding hydrogens is 333 g/mol. The molecule has 0 aliphatic carbocycles. The number of hydrogen-bond acceptors (Lipinski definition) is 1. The van der Waals surface area contributed by atoms with Crippen LogP contribution in [0.5, 0.6) is 5.75 Å². The van der Waals surface area contributed by atoms with E-state index in [0.29, 0.717) is 28.5 Å². The molecule has 1 aromatic heterocycles. The lowest BCUT2D eigenvalue weighted by Gasteiger charge is -2.34. The standard InChI is InChI=1S/C20H21BF2N2O/c1-12-9-14(3)24-19(12)18(16-7-6-8-17(11-16)26-5)20-13(2)10-15(4)25(20)21(24,22)23/h6-11H,1-5H3. The molecule has 0 saturated heterocycles. The number of methoxy groups -OCH3 is 1. The number of aryl methyl sites for hydroxylation is 2. The van der Waals surface area contributed by atoms with Gasteiger partial charge in [-0.2, -0.15) is 0 Å². The molecule has 0 fully saturated rings. The lowest BCUT2D eigenvalue weighted by molar-refractivity contribution is -0.363. The number of allylic oxidation sites excluding steroid dienone is 2. The van der Waals surface area contributed by atoms with Crippen LogP contribution in [-0.2, 0) is 0 Å². The number of fused-ring (bicyclic) bond motifs is 2. The summed E-state index contributed by atoms with van der Waals surface area (Å²) in [6.45, 7) is 3.34. The molecule has 2 aromatic rings. The van der Waals surface area contributed by atoms with Gasteiger partial charge >= 0.3 is 6.97 Å². The van der Waals surface area contributed by atoms with Gasteiger partial charge in [0.25, 0.3) is 0 Å². The van der Waals surface area contributed by atoms with E-state index in [1.165, 1.54) is 8.96 Å². The Labute approximate surface area is 152 Å². The first-order chi connectivity index (χ1) is 12.3. The van der Waals surface area contributed by atoms with Crippen LogP contribution in [0.1, 0.15) is 36.4 Å². The van der Waals surface area contributed by atoms with Gasteiger partial charge in [-0.25, -0.2) is 0 Å². The molecule has 0 unspecified atom stereocenters. The second-order valence-corrected chi connectivity index (χ2v) is 7.07. The molecule has 4 rings (SSSR count). The lowest BCUT2D eigenvalue weighted by Crippen LogP contribution is -2.51. The predicted octanol–water partition coefficient (Wildman–Crippen LogP) is 4.54. The summed E-state index contributed by atoms with van der Waals surface area (Å²) in [6, 6.07) is 9.45. The van der Waals surface area contributed by atoms with Gasteiger partial charge in [0, 0.05) is 24.3 Å². The molecule has 0 bridgehead atoms. The molecule has 0 amide bonds. The van der Waals surface area contributed by atoms with E-state index in [2.05, 4.69) is 0 Å². The molecule has 0 atom stereocenters. The predicted molar refractivity (Wildman–Crippen MR) is 101 cm³/mol. The normalized spacial score (nSPS) is 18.0. The highest BCUT2D eigenvalue weighted by Crippen LogP contribution is 2.44.